The Kier molecular flexibility index (Phi) is 10.7. The smallest absolute Gasteiger partial charge is 0.247 e. The summed E-state index contributed by atoms with van der Waals surface area (Å²) in [7, 11) is 3.01. The number of hydrogen-bond acceptors (Lipinski definition) is 8. The number of aliphatic hydroxyl groups is 3. The third-order valence-electron chi connectivity index (χ3n) is 6.95. The van der Waals surface area contributed by atoms with Crippen LogP contribution in [-0.2, 0) is 20.9 Å². The summed E-state index contributed by atoms with van der Waals surface area (Å²) in [5.74, 6) is -0.446. The molecule has 3 rings (SSSR count). The first-order valence-corrected chi connectivity index (χ1v) is 13.0. The van der Waals surface area contributed by atoms with Crippen molar-refractivity contribution in [2.45, 2.75) is 69.8 Å². The standard InChI is InChI=1S/C27H40N2O8/c1-4-5-6-7-10-29(22(32)8-12-35-2)20-15-19(27(34)28-9-11-30)23-18-13-17(16-31)14-21(36-3)25(18)37-26(23)24(20)33/h13-15,20,23-24,26,30-31,33H,4-12,16H2,1-3H3,(H,28,34). The van der Waals surface area contributed by atoms with Crippen molar-refractivity contribution in [1.29, 1.82) is 0 Å². The maximum Gasteiger partial charge on any atom is 0.247 e. The topological polar surface area (TPSA) is 138 Å². The molecular weight excluding hydrogens is 480 g/mol. The zero-order valence-corrected chi connectivity index (χ0v) is 21.9. The quantitative estimate of drug-likeness (QED) is 0.269. The Morgan fingerprint density at radius 3 is 2.59 bits per heavy atom. The first kappa shape index (κ1) is 28.9. The third kappa shape index (κ3) is 6.43. The Morgan fingerprint density at radius 2 is 1.95 bits per heavy atom. The maximum absolute atomic E-state index is 13.3. The van der Waals surface area contributed by atoms with Crippen molar-refractivity contribution in [2.24, 2.45) is 0 Å². The zero-order chi connectivity index (χ0) is 26.9. The molecule has 1 aromatic carbocycles. The van der Waals surface area contributed by atoms with E-state index in [4.69, 9.17) is 14.2 Å². The fourth-order valence-corrected chi connectivity index (χ4v) is 5.10. The number of aliphatic hydroxyl groups excluding tert-OH is 3. The van der Waals surface area contributed by atoms with E-state index in [2.05, 4.69) is 12.2 Å². The monoisotopic (exact) mass is 520 g/mol. The van der Waals surface area contributed by atoms with Crippen LogP contribution in [-0.4, -0.2) is 90.8 Å². The first-order chi connectivity index (χ1) is 17.9. The van der Waals surface area contributed by atoms with Gasteiger partial charge in [-0.15, -0.1) is 0 Å². The van der Waals surface area contributed by atoms with Crippen LogP contribution in [0.15, 0.2) is 23.8 Å². The van der Waals surface area contributed by atoms with E-state index in [-0.39, 0.29) is 38.7 Å². The van der Waals surface area contributed by atoms with E-state index in [0.717, 1.165) is 25.7 Å². The molecular formula is C27H40N2O8. The molecule has 0 bridgehead atoms. The van der Waals surface area contributed by atoms with Gasteiger partial charge >= 0.3 is 0 Å². The summed E-state index contributed by atoms with van der Waals surface area (Å²) in [6, 6.07) is 2.61. The van der Waals surface area contributed by atoms with Crippen LogP contribution in [0.1, 0.15) is 56.1 Å². The number of fused-ring (bicyclic) bond motifs is 3. The van der Waals surface area contributed by atoms with Gasteiger partial charge in [-0.05, 0) is 30.2 Å². The van der Waals surface area contributed by atoms with Gasteiger partial charge in [-0.2, -0.15) is 0 Å². The van der Waals surface area contributed by atoms with Gasteiger partial charge in [0, 0.05) is 31.3 Å². The van der Waals surface area contributed by atoms with Crippen LogP contribution in [0.4, 0.5) is 0 Å². The van der Waals surface area contributed by atoms with Gasteiger partial charge in [0.1, 0.15) is 12.2 Å². The van der Waals surface area contributed by atoms with E-state index in [0.29, 0.717) is 34.7 Å². The lowest BCUT2D eigenvalue weighted by Crippen LogP contribution is -2.56. The van der Waals surface area contributed by atoms with Gasteiger partial charge in [0.15, 0.2) is 11.5 Å². The van der Waals surface area contributed by atoms with Gasteiger partial charge in [0.2, 0.25) is 11.8 Å². The zero-order valence-electron chi connectivity index (χ0n) is 21.9. The van der Waals surface area contributed by atoms with E-state index in [1.165, 1.54) is 14.2 Å². The van der Waals surface area contributed by atoms with Crippen molar-refractivity contribution in [2.75, 3.05) is 40.5 Å². The predicted molar refractivity (Wildman–Crippen MR) is 136 cm³/mol. The molecule has 10 heteroatoms. The van der Waals surface area contributed by atoms with Crippen LogP contribution in [0.5, 0.6) is 11.5 Å². The molecule has 0 radical (unpaired) electrons. The van der Waals surface area contributed by atoms with Gasteiger partial charge in [0.05, 0.1) is 45.3 Å². The lowest BCUT2D eigenvalue weighted by Gasteiger charge is -2.40. The number of carbonyl (C=O) groups excluding carboxylic acids is 2. The molecule has 37 heavy (non-hydrogen) atoms. The van der Waals surface area contributed by atoms with Crippen molar-refractivity contribution < 1.29 is 39.1 Å². The Hall–Kier alpha value is -2.66. The van der Waals surface area contributed by atoms with Crippen LogP contribution in [0.3, 0.4) is 0 Å². The second kappa shape index (κ2) is 13.8. The molecule has 1 aliphatic carbocycles. The minimum absolute atomic E-state index is 0.0575. The van der Waals surface area contributed by atoms with E-state index in [1.807, 2.05) is 0 Å². The predicted octanol–water partition coefficient (Wildman–Crippen LogP) is 1.26. The lowest BCUT2D eigenvalue weighted by molar-refractivity contribution is -0.138. The molecule has 0 aromatic heterocycles. The Bertz CT molecular complexity index is 966. The summed E-state index contributed by atoms with van der Waals surface area (Å²) in [6.07, 6.45) is 3.62. The molecule has 4 atom stereocenters. The normalized spacial score (nSPS) is 21.9. The molecule has 0 fully saturated rings. The van der Waals surface area contributed by atoms with Crippen molar-refractivity contribution in [3.8, 4) is 11.5 Å². The molecule has 2 amide bonds. The number of carbonyl (C=O) groups is 2. The molecule has 2 aliphatic rings. The van der Waals surface area contributed by atoms with Crippen molar-refractivity contribution in [1.82, 2.24) is 10.2 Å². The van der Waals surface area contributed by atoms with Gasteiger partial charge in [-0.3, -0.25) is 9.59 Å². The number of ether oxygens (including phenoxy) is 3. The number of rotatable bonds is 14. The Labute approximate surface area is 218 Å². The van der Waals surface area contributed by atoms with Crippen LogP contribution in [0, 0.1) is 0 Å². The highest BCUT2D eigenvalue weighted by molar-refractivity contribution is 5.96. The maximum atomic E-state index is 13.3. The van der Waals surface area contributed by atoms with Crippen LogP contribution < -0.4 is 14.8 Å². The molecule has 10 nitrogen and oxygen atoms in total. The van der Waals surface area contributed by atoms with E-state index < -0.39 is 30.1 Å². The summed E-state index contributed by atoms with van der Waals surface area (Å²) in [5, 5.41) is 33.3. The molecule has 0 saturated heterocycles. The number of nitrogens with one attached hydrogen (secondary N) is 1. The summed E-state index contributed by atoms with van der Waals surface area (Å²) >= 11 is 0. The SMILES string of the molecule is CCCCCCN(C(=O)CCOC)C1C=C(C(=O)NCCO)C2c3cc(CO)cc(OC)c3OC2C1O. The molecule has 1 heterocycles. The average Bonchev–Trinajstić information content (AvgIpc) is 3.30. The highest BCUT2D eigenvalue weighted by atomic mass is 16.5. The van der Waals surface area contributed by atoms with E-state index in [1.54, 1.807) is 23.1 Å². The number of hydrogen-bond donors (Lipinski definition) is 4. The molecule has 4 unspecified atom stereocenters. The van der Waals surface area contributed by atoms with Crippen LogP contribution in [0.2, 0.25) is 0 Å². The molecule has 0 spiro atoms. The Morgan fingerprint density at radius 1 is 1.16 bits per heavy atom. The number of nitrogens with zero attached hydrogens (tertiary/aromatic N) is 1. The second-order valence-electron chi connectivity index (χ2n) is 9.41. The third-order valence-corrected chi connectivity index (χ3v) is 6.95. The van der Waals surface area contributed by atoms with Crippen molar-refractivity contribution in [3.05, 3.63) is 34.9 Å². The fraction of sp³-hybridized carbons (Fsp3) is 0.630. The van der Waals surface area contributed by atoms with Crippen molar-refractivity contribution in [3.63, 3.8) is 0 Å². The van der Waals surface area contributed by atoms with Gasteiger partial charge in [-0.1, -0.05) is 26.2 Å². The summed E-state index contributed by atoms with van der Waals surface area (Å²) in [5.41, 5.74) is 1.54. The molecule has 206 valence electrons. The summed E-state index contributed by atoms with van der Waals surface area (Å²) in [4.78, 5) is 28.2. The number of amides is 2. The average molecular weight is 521 g/mol. The molecule has 1 aliphatic heterocycles. The fourth-order valence-electron chi connectivity index (χ4n) is 5.10. The van der Waals surface area contributed by atoms with E-state index >= 15 is 0 Å². The Balaban J connectivity index is 2.05. The van der Waals surface area contributed by atoms with Crippen molar-refractivity contribution >= 4 is 11.8 Å². The van der Waals surface area contributed by atoms with Gasteiger partial charge < -0.3 is 39.7 Å². The molecule has 1 aromatic rings. The number of benzene rings is 1. The van der Waals surface area contributed by atoms with E-state index in [9.17, 15) is 24.9 Å². The van der Waals surface area contributed by atoms with Gasteiger partial charge in [-0.25, -0.2) is 0 Å². The second-order valence-corrected chi connectivity index (χ2v) is 9.41. The number of methoxy groups -OCH3 is 2. The largest absolute Gasteiger partial charge is 0.493 e. The minimum Gasteiger partial charge on any atom is -0.493 e. The highest BCUT2D eigenvalue weighted by Crippen LogP contribution is 2.51. The lowest BCUT2D eigenvalue weighted by atomic mass is 9.77. The van der Waals surface area contributed by atoms with Crippen LogP contribution >= 0.6 is 0 Å². The van der Waals surface area contributed by atoms with Gasteiger partial charge in [0.25, 0.3) is 0 Å². The molecule has 4 N–H and O–H groups in total. The minimum atomic E-state index is -1.12. The highest BCUT2D eigenvalue weighted by Gasteiger charge is 2.51. The number of unbranched alkanes of at least 4 members (excludes halogenated alkanes) is 3. The van der Waals surface area contributed by atoms with Crippen LogP contribution in [0.25, 0.3) is 0 Å². The summed E-state index contributed by atoms with van der Waals surface area (Å²) in [6.45, 7) is 2.37. The summed E-state index contributed by atoms with van der Waals surface area (Å²) < 4.78 is 16.8. The molecule has 0 saturated carbocycles. The first-order valence-electron chi connectivity index (χ1n) is 13.0.